The van der Waals surface area contributed by atoms with Crippen LogP contribution in [0.1, 0.15) is 31.7 Å². The van der Waals surface area contributed by atoms with Crippen molar-refractivity contribution in [2.24, 2.45) is 0 Å². The fourth-order valence-electron chi connectivity index (χ4n) is 1.34. The Morgan fingerprint density at radius 3 is 2.77 bits per heavy atom. The van der Waals surface area contributed by atoms with E-state index in [0.717, 1.165) is 24.1 Å². The first-order chi connectivity index (χ1) is 6.27. The van der Waals surface area contributed by atoms with Gasteiger partial charge in [0.2, 0.25) is 0 Å². The maximum atomic E-state index is 8.60. The molecule has 0 bridgehead atoms. The Bertz CT molecular complexity index is 306. The summed E-state index contributed by atoms with van der Waals surface area (Å²) >= 11 is 0. The van der Waals surface area contributed by atoms with Crippen molar-refractivity contribution in [3.63, 3.8) is 0 Å². The van der Waals surface area contributed by atoms with Crippen LogP contribution in [0.15, 0.2) is 12.4 Å². The molecule has 1 aromatic rings. The molecule has 1 aromatic heterocycles. The lowest BCUT2D eigenvalue weighted by molar-refractivity contribution is 0.718. The number of anilines is 1. The summed E-state index contributed by atoms with van der Waals surface area (Å²) in [4.78, 5) is 0. The van der Waals surface area contributed by atoms with Crippen molar-refractivity contribution in [3.8, 4) is 6.19 Å². The van der Waals surface area contributed by atoms with E-state index in [-0.39, 0.29) is 0 Å². The van der Waals surface area contributed by atoms with Gasteiger partial charge in [0.15, 0.2) is 6.19 Å². The van der Waals surface area contributed by atoms with Crippen molar-refractivity contribution in [3.05, 3.63) is 18.0 Å². The molecular formula is C10H15N3. The normalized spacial score (nSPS) is 9.85. The highest BCUT2D eigenvalue weighted by atomic mass is 14.9. The summed E-state index contributed by atoms with van der Waals surface area (Å²) in [6.07, 6.45) is 10.0. The van der Waals surface area contributed by atoms with Crippen molar-refractivity contribution in [2.75, 3.05) is 5.73 Å². The fourth-order valence-corrected chi connectivity index (χ4v) is 1.34. The monoisotopic (exact) mass is 177 g/mol. The number of rotatable bonds is 4. The molecule has 0 amide bonds. The summed E-state index contributed by atoms with van der Waals surface area (Å²) < 4.78 is 1.45. The molecule has 0 saturated carbocycles. The summed E-state index contributed by atoms with van der Waals surface area (Å²) in [6, 6.07) is 0. The third-order valence-electron chi connectivity index (χ3n) is 2.11. The highest BCUT2D eigenvalue weighted by molar-refractivity contribution is 5.46. The lowest BCUT2D eigenvalue weighted by Crippen LogP contribution is -1.89. The Morgan fingerprint density at radius 1 is 1.46 bits per heavy atom. The van der Waals surface area contributed by atoms with Crippen LogP contribution in [0.5, 0.6) is 0 Å². The Labute approximate surface area is 78.8 Å². The lowest BCUT2D eigenvalue weighted by atomic mass is 10.1. The Hall–Kier alpha value is -1.43. The smallest absolute Gasteiger partial charge is 0.188 e. The van der Waals surface area contributed by atoms with Gasteiger partial charge in [0, 0.05) is 12.4 Å². The van der Waals surface area contributed by atoms with E-state index < -0.39 is 0 Å². The van der Waals surface area contributed by atoms with Gasteiger partial charge in [-0.25, -0.2) is 0 Å². The molecule has 0 aliphatic carbocycles. The van der Waals surface area contributed by atoms with Crippen LogP contribution in [0.25, 0.3) is 0 Å². The second kappa shape index (κ2) is 4.56. The van der Waals surface area contributed by atoms with Crippen molar-refractivity contribution >= 4 is 5.69 Å². The highest BCUT2D eigenvalue weighted by Gasteiger charge is 2.02. The lowest BCUT2D eigenvalue weighted by Gasteiger charge is -1.97. The predicted molar refractivity (Wildman–Crippen MR) is 53.1 cm³/mol. The molecule has 1 rings (SSSR count). The molecule has 0 unspecified atom stereocenters. The Morgan fingerprint density at radius 2 is 2.23 bits per heavy atom. The largest absolute Gasteiger partial charge is 0.397 e. The second-order valence-electron chi connectivity index (χ2n) is 3.20. The number of nitrogen functional groups attached to an aromatic ring is 1. The second-order valence-corrected chi connectivity index (χ2v) is 3.20. The number of hydrogen-bond acceptors (Lipinski definition) is 2. The molecule has 0 atom stereocenters. The molecule has 0 fully saturated rings. The summed E-state index contributed by atoms with van der Waals surface area (Å²) in [5, 5.41) is 8.60. The molecule has 3 nitrogen and oxygen atoms in total. The molecule has 0 aliphatic rings. The summed E-state index contributed by atoms with van der Waals surface area (Å²) in [5.74, 6) is 0. The SMILES string of the molecule is CCCCCc1cn(C#N)cc1N. The molecule has 13 heavy (non-hydrogen) atoms. The van der Waals surface area contributed by atoms with Gasteiger partial charge in [0.05, 0.1) is 5.69 Å². The van der Waals surface area contributed by atoms with Crippen LogP contribution in [0.2, 0.25) is 0 Å². The third kappa shape index (κ3) is 2.51. The predicted octanol–water partition coefficient (Wildman–Crippen LogP) is 2.13. The Balaban J connectivity index is 2.56. The van der Waals surface area contributed by atoms with E-state index in [1.165, 1.54) is 17.4 Å². The first-order valence-corrected chi connectivity index (χ1v) is 4.64. The van der Waals surface area contributed by atoms with E-state index >= 15 is 0 Å². The highest BCUT2D eigenvalue weighted by Crippen LogP contribution is 2.15. The van der Waals surface area contributed by atoms with E-state index in [2.05, 4.69) is 6.92 Å². The average molecular weight is 177 g/mol. The molecule has 0 aliphatic heterocycles. The summed E-state index contributed by atoms with van der Waals surface area (Å²) in [7, 11) is 0. The zero-order valence-electron chi connectivity index (χ0n) is 7.95. The van der Waals surface area contributed by atoms with Crippen molar-refractivity contribution in [1.82, 2.24) is 4.57 Å². The van der Waals surface area contributed by atoms with Gasteiger partial charge in [0.1, 0.15) is 0 Å². The number of nitrogens with two attached hydrogens (primary N) is 1. The van der Waals surface area contributed by atoms with Crippen LogP contribution >= 0.6 is 0 Å². The van der Waals surface area contributed by atoms with Crippen LogP contribution in [-0.2, 0) is 6.42 Å². The number of aryl methyl sites for hydroxylation is 1. The standard InChI is InChI=1S/C10H15N3/c1-2-3-4-5-9-6-13(8-11)7-10(9)12/h6-7H,2-5,12H2,1H3. The molecular weight excluding hydrogens is 162 g/mol. The van der Waals surface area contributed by atoms with E-state index in [9.17, 15) is 0 Å². The van der Waals surface area contributed by atoms with E-state index in [0.29, 0.717) is 0 Å². The van der Waals surface area contributed by atoms with Crippen LogP contribution in [0.4, 0.5) is 5.69 Å². The average Bonchev–Trinajstić information content (AvgIpc) is 2.48. The molecule has 1 heterocycles. The minimum atomic E-state index is 0.734. The van der Waals surface area contributed by atoms with Crippen LogP contribution in [0, 0.1) is 11.5 Å². The van der Waals surface area contributed by atoms with E-state index in [1.807, 2.05) is 12.4 Å². The van der Waals surface area contributed by atoms with Gasteiger partial charge in [0.25, 0.3) is 0 Å². The fraction of sp³-hybridized carbons (Fsp3) is 0.500. The molecule has 0 radical (unpaired) electrons. The molecule has 0 spiro atoms. The quantitative estimate of drug-likeness (QED) is 0.716. The van der Waals surface area contributed by atoms with E-state index in [4.69, 9.17) is 11.0 Å². The minimum Gasteiger partial charge on any atom is -0.397 e. The molecule has 3 heteroatoms. The number of aromatic nitrogens is 1. The number of nitrogens with zero attached hydrogens (tertiary/aromatic N) is 2. The van der Waals surface area contributed by atoms with Gasteiger partial charge in [-0.15, -0.1) is 0 Å². The first kappa shape index (κ1) is 9.66. The van der Waals surface area contributed by atoms with Crippen molar-refractivity contribution in [2.45, 2.75) is 32.6 Å². The molecule has 0 saturated heterocycles. The maximum absolute atomic E-state index is 8.60. The van der Waals surface area contributed by atoms with Gasteiger partial charge in [-0.1, -0.05) is 19.8 Å². The van der Waals surface area contributed by atoms with Crippen LogP contribution in [-0.4, -0.2) is 4.57 Å². The topological polar surface area (TPSA) is 54.7 Å². The number of hydrogen-bond donors (Lipinski definition) is 1. The van der Waals surface area contributed by atoms with Gasteiger partial charge in [-0.2, -0.15) is 5.26 Å². The summed E-state index contributed by atoms with van der Waals surface area (Å²) in [5.41, 5.74) is 7.55. The van der Waals surface area contributed by atoms with Gasteiger partial charge in [-0.05, 0) is 18.4 Å². The van der Waals surface area contributed by atoms with E-state index in [1.54, 1.807) is 6.20 Å². The van der Waals surface area contributed by atoms with Crippen LogP contribution in [0.3, 0.4) is 0 Å². The number of unbranched alkanes of at least 4 members (excludes halogenated alkanes) is 2. The maximum Gasteiger partial charge on any atom is 0.188 e. The Kier molecular flexibility index (Phi) is 3.39. The van der Waals surface area contributed by atoms with Gasteiger partial charge in [-0.3, -0.25) is 4.57 Å². The van der Waals surface area contributed by atoms with Crippen molar-refractivity contribution < 1.29 is 0 Å². The third-order valence-corrected chi connectivity index (χ3v) is 2.11. The zero-order chi connectivity index (χ0) is 9.68. The summed E-state index contributed by atoms with van der Waals surface area (Å²) in [6.45, 7) is 2.17. The first-order valence-electron chi connectivity index (χ1n) is 4.64. The molecule has 2 N–H and O–H groups in total. The van der Waals surface area contributed by atoms with Gasteiger partial charge >= 0.3 is 0 Å². The van der Waals surface area contributed by atoms with Gasteiger partial charge < -0.3 is 5.73 Å². The minimum absolute atomic E-state index is 0.734. The van der Waals surface area contributed by atoms with Crippen molar-refractivity contribution in [1.29, 1.82) is 5.26 Å². The molecule has 0 aromatic carbocycles. The molecule has 70 valence electrons. The number of nitriles is 1. The zero-order valence-corrected chi connectivity index (χ0v) is 7.95. The van der Waals surface area contributed by atoms with Crippen LogP contribution < -0.4 is 5.73 Å².